The fourth-order valence-electron chi connectivity index (χ4n) is 2.17. The maximum absolute atomic E-state index is 6.44. The average Bonchev–Trinajstić information content (AvgIpc) is 2.47. The van der Waals surface area contributed by atoms with Crippen LogP contribution in [0.4, 0.5) is 0 Å². The Morgan fingerprint density at radius 3 is 2.50 bits per heavy atom. The number of methoxy groups -OCH3 is 1. The van der Waals surface area contributed by atoms with E-state index in [-0.39, 0.29) is 6.04 Å². The number of para-hydroxylation sites is 1. The van der Waals surface area contributed by atoms with Crippen molar-refractivity contribution >= 4 is 0 Å². The van der Waals surface area contributed by atoms with Crippen LogP contribution in [0.15, 0.2) is 24.3 Å². The summed E-state index contributed by atoms with van der Waals surface area (Å²) in [6.07, 6.45) is 0.842. The number of nitrogens with two attached hydrogens (primary N) is 1. The zero-order valence-electron chi connectivity index (χ0n) is 13.0. The van der Waals surface area contributed by atoms with Crippen molar-refractivity contribution in [2.75, 3.05) is 26.9 Å². The van der Waals surface area contributed by atoms with Gasteiger partial charge in [-0.15, -0.1) is 0 Å². The molecule has 20 heavy (non-hydrogen) atoms. The quantitative estimate of drug-likeness (QED) is 0.707. The second kappa shape index (κ2) is 8.25. The highest BCUT2D eigenvalue weighted by molar-refractivity contribution is 5.37. The largest absolute Gasteiger partial charge is 0.491 e. The number of rotatable bonds is 9. The van der Waals surface area contributed by atoms with E-state index in [0.717, 1.165) is 17.7 Å². The fourth-order valence-corrected chi connectivity index (χ4v) is 2.17. The van der Waals surface area contributed by atoms with E-state index < -0.39 is 5.60 Å². The summed E-state index contributed by atoms with van der Waals surface area (Å²) in [4.78, 5) is 0. The number of ether oxygens (including phenoxy) is 3. The number of hydrogen-bond acceptors (Lipinski definition) is 4. The average molecular weight is 281 g/mol. The van der Waals surface area contributed by atoms with Gasteiger partial charge in [0.25, 0.3) is 0 Å². The van der Waals surface area contributed by atoms with Crippen LogP contribution in [0.25, 0.3) is 0 Å². The second-order valence-electron chi connectivity index (χ2n) is 4.96. The minimum absolute atomic E-state index is 0.230. The lowest BCUT2D eigenvalue weighted by Gasteiger charge is -2.35. The molecule has 114 valence electrons. The lowest BCUT2D eigenvalue weighted by molar-refractivity contribution is -0.0477. The van der Waals surface area contributed by atoms with Gasteiger partial charge < -0.3 is 19.9 Å². The molecule has 0 saturated carbocycles. The standard InChI is InChI=1S/C16H27NO3/c1-5-16(3,20-6-2)15(17)13-9-7-8-10-14(13)19-12-11-18-4/h7-10,15H,5-6,11-12,17H2,1-4H3. The molecule has 0 amide bonds. The Balaban J connectivity index is 2.93. The van der Waals surface area contributed by atoms with Gasteiger partial charge in [-0.1, -0.05) is 25.1 Å². The summed E-state index contributed by atoms with van der Waals surface area (Å²) in [6, 6.07) is 7.63. The SMILES string of the molecule is CCOC(C)(CC)C(N)c1ccccc1OCCOC. The van der Waals surface area contributed by atoms with Gasteiger partial charge in [-0.2, -0.15) is 0 Å². The minimum atomic E-state index is -0.393. The molecule has 0 aliphatic carbocycles. The highest BCUT2D eigenvalue weighted by Crippen LogP contribution is 2.34. The first-order valence-corrected chi connectivity index (χ1v) is 7.19. The lowest BCUT2D eigenvalue weighted by Crippen LogP contribution is -2.40. The van der Waals surface area contributed by atoms with Gasteiger partial charge in [-0.3, -0.25) is 0 Å². The van der Waals surface area contributed by atoms with Crippen LogP contribution in [0.2, 0.25) is 0 Å². The van der Waals surface area contributed by atoms with E-state index in [9.17, 15) is 0 Å². The molecule has 0 aliphatic rings. The Hall–Kier alpha value is -1.10. The van der Waals surface area contributed by atoms with Crippen molar-refractivity contribution in [1.29, 1.82) is 0 Å². The Bertz CT molecular complexity index is 397. The fraction of sp³-hybridized carbons (Fsp3) is 0.625. The van der Waals surface area contributed by atoms with Crippen molar-refractivity contribution < 1.29 is 14.2 Å². The van der Waals surface area contributed by atoms with Gasteiger partial charge in [-0.25, -0.2) is 0 Å². The van der Waals surface area contributed by atoms with Gasteiger partial charge in [0.2, 0.25) is 0 Å². The second-order valence-corrected chi connectivity index (χ2v) is 4.96. The van der Waals surface area contributed by atoms with Crippen LogP contribution in [0.1, 0.15) is 38.8 Å². The van der Waals surface area contributed by atoms with Gasteiger partial charge in [0.05, 0.1) is 18.2 Å². The van der Waals surface area contributed by atoms with E-state index in [1.54, 1.807) is 7.11 Å². The molecule has 0 saturated heterocycles. The van der Waals surface area contributed by atoms with Gasteiger partial charge >= 0.3 is 0 Å². The van der Waals surface area contributed by atoms with E-state index in [1.807, 2.05) is 38.1 Å². The van der Waals surface area contributed by atoms with Crippen molar-refractivity contribution in [2.45, 2.75) is 38.8 Å². The summed E-state index contributed by atoms with van der Waals surface area (Å²) in [7, 11) is 1.66. The van der Waals surface area contributed by atoms with Crippen LogP contribution in [-0.4, -0.2) is 32.5 Å². The topological polar surface area (TPSA) is 53.7 Å². The molecule has 4 heteroatoms. The van der Waals surface area contributed by atoms with Crippen molar-refractivity contribution in [3.05, 3.63) is 29.8 Å². The normalized spacial score (nSPS) is 15.7. The molecular weight excluding hydrogens is 254 g/mol. The third-order valence-corrected chi connectivity index (χ3v) is 3.63. The van der Waals surface area contributed by atoms with Crippen LogP contribution >= 0.6 is 0 Å². The molecule has 0 bridgehead atoms. The molecule has 0 heterocycles. The number of benzene rings is 1. The third-order valence-electron chi connectivity index (χ3n) is 3.63. The van der Waals surface area contributed by atoms with Crippen molar-refractivity contribution in [3.8, 4) is 5.75 Å². The molecule has 0 fully saturated rings. The van der Waals surface area contributed by atoms with E-state index in [2.05, 4.69) is 6.92 Å². The molecule has 2 atom stereocenters. The summed E-state index contributed by atoms with van der Waals surface area (Å²) in [5.74, 6) is 0.802. The highest BCUT2D eigenvalue weighted by atomic mass is 16.5. The van der Waals surface area contributed by atoms with E-state index in [1.165, 1.54) is 0 Å². The Morgan fingerprint density at radius 2 is 1.90 bits per heavy atom. The molecule has 2 unspecified atom stereocenters. The smallest absolute Gasteiger partial charge is 0.124 e. The van der Waals surface area contributed by atoms with Gasteiger partial charge in [-0.05, 0) is 26.3 Å². The van der Waals surface area contributed by atoms with E-state index >= 15 is 0 Å². The third kappa shape index (κ3) is 4.20. The summed E-state index contributed by atoms with van der Waals surface area (Å²) in [5, 5.41) is 0. The molecule has 1 rings (SSSR count). The Morgan fingerprint density at radius 1 is 1.20 bits per heavy atom. The molecular formula is C16H27NO3. The number of hydrogen-bond donors (Lipinski definition) is 1. The highest BCUT2D eigenvalue weighted by Gasteiger charge is 2.33. The molecule has 1 aromatic carbocycles. The first kappa shape index (κ1) is 17.0. The lowest BCUT2D eigenvalue weighted by atomic mass is 9.88. The van der Waals surface area contributed by atoms with Crippen LogP contribution in [-0.2, 0) is 9.47 Å². The molecule has 0 spiro atoms. The van der Waals surface area contributed by atoms with E-state index in [4.69, 9.17) is 19.9 Å². The molecule has 0 aliphatic heterocycles. The van der Waals surface area contributed by atoms with Crippen LogP contribution in [0.5, 0.6) is 5.75 Å². The summed E-state index contributed by atoms with van der Waals surface area (Å²) >= 11 is 0. The first-order chi connectivity index (χ1) is 9.59. The zero-order valence-corrected chi connectivity index (χ0v) is 13.0. The summed E-state index contributed by atoms with van der Waals surface area (Å²) < 4.78 is 16.6. The predicted octanol–water partition coefficient (Wildman–Crippen LogP) is 2.92. The van der Waals surface area contributed by atoms with Crippen LogP contribution in [0, 0.1) is 0 Å². The van der Waals surface area contributed by atoms with Crippen molar-refractivity contribution in [1.82, 2.24) is 0 Å². The van der Waals surface area contributed by atoms with Crippen molar-refractivity contribution in [2.24, 2.45) is 5.73 Å². The molecule has 1 aromatic rings. The summed E-state index contributed by atoms with van der Waals surface area (Å²) in [5.41, 5.74) is 7.02. The van der Waals surface area contributed by atoms with Crippen LogP contribution < -0.4 is 10.5 Å². The summed E-state index contributed by atoms with van der Waals surface area (Å²) in [6.45, 7) is 7.83. The Kier molecular flexibility index (Phi) is 6.99. The zero-order chi connectivity index (χ0) is 15.0. The van der Waals surface area contributed by atoms with Crippen molar-refractivity contribution in [3.63, 3.8) is 0 Å². The molecule has 2 N–H and O–H groups in total. The minimum Gasteiger partial charge on any atom is -0.491 e. The molecule has 0 aromatic heterocycles. The predicted molar refractivity (Wildman–Crippen MR) is 81.1 cm³/mol. The molecule has 0 radical (unpaired) electrons. The maximum Gasteiger partial charge on any atom is 0.124 e. The Labute approximate surface area is 122 Å². The first-order valence-electron chi connectivity index (χ1n) is 7.19. The van der Waals surface area contributed by atoms with Gasteiger partial charge in [0.1, 0.15) is 12.4 Å². The van der Waals surface area contributed by atoms with Crippen LogP contribution in [0.3, 0.4) is 0 Å². The van der Waals surface area contributed by atoms with Gasteiger partial charge in [0.15, 0.2) is 0 Å². The molecule has 4 nitrogen and oxygen atoms in total. The van der Waals surface area contributed by atoms with E-state index in [0.29, 0.717) is 19.8 Å². The van der Waals surface area contributed by atoms with Gasteiger partial charge in [0, 0.05) is 19.3 Å². The monoisotopic (exact) mass is 281 g/mol. The maximum atomic E-state index is 6.44.